The zero-order chi connectivity index (χ0) is 17.6. The third-order valence-electron chi connectivity index (χ3n) is 3.86. The van der Waals surface area contributed by atoms with E-state index in [0.29, 0.717) is 0 Å². The lowest BCUT2D eigenvalue weighted by Gasteiger charge is -2.38. The summed E-state index contributed by atoms with van der Waals surface area (Å²) in [6.45, 7) is 1.47. The fraction of sp³-hybridized carbons (Fsp3) is 0.400. The summed E-state index contributed by atoms with van der Waals surface area (Å²) in [7, 11) is 0. The lowest BCUT2D eigenvalue weighted by molar-refractivity contribution is -0.268. The maximum absolute atomic E-state index is 12.4. The normalized spacial score (nSPS) is 30.4. The van der Waals surface area contributed by atoms with Crippen LogP contribution >= 0.6 is 0 Å². The van der Waals surface area contributed by atoms with Crippen LogP contribution in [0.5, 0.6) is 17.2 Å². The second-order valence-corrected chi connectivity index (χ2v) is 5.57. The molecule has 5 unspecified atom stereocenters. The topological polar surface area (TPSA) is 150 Å². The van der Waals surface area contributed by atoms with Crippen LogP contribution in [0.4, 0.5) is 0 Å². The highest BCUT2D eigenvalue weighted by molar-refractivity contribution is 5.85. The van der Waals surface area contributed by atoms with Gasteiger partial charge in [0.1, 0.15) is 47.0 Å². The standard InChI is InChI=1S/C15H16O9/c1-5-11(18)13(20)14(21)15(23-5)24-9-4-22-8-3-6(16)2-7(17)10(8)12(9)19/h2-5,11,13-18,20-21H,1H3. The summed E-state index contributed by atoms with van der Waals surface area (Å²) in [4.78, 5) is 12.4. The first kappa shape index (κ1) is 16.5. The quantitative estimate of drug-likeness (QED) is 0.483. The van der Waals surface area contributed by atoms with Crippen molar-refractivity contribution >= 4 is 11.0 Å². The molecule has 0 saturated carbocycles. The van der Waals surface area contributed by atoms with Crippen molar-refractivity contribution in [2.75, 3.05) is 0 Å². The number of hydrogen-bond donors (Lipinski definition) is 5. The molecular formula is C15H16O9. The Balaban J connectivity index is 1.96. The van der Waals surface area contributed by atoms with Gasteiger partial charge in [-0.2, -0.15) is 0 Å². The number of ether oxygens (including phenoxy) is 2. The lowest BCUT2D eigenvalue weighted by atomic mass is 10.00. The first-order chi connectivity index (χ1) is 11.3. The largest absolute Gasteiger partial charge is 0.508 e. The average molecular weight is 340 g/mol. The molecule has 1 aromatic carbocycles. The minimum absolute atomic E-state index is 0.0567. The van der Waals surface area contributed by atoms with E-state index < -0.39 is 41.9 Å². The monoisotopic (exact) mass is 340 g/mol. The molecule has 0 bridgehead atoms. The summed E-state index contributed by atoms with van der Waals surface area (Å²) in [5.41, 5.74) is -0.809. The summed E-state index contributed by atoms with van der Waals surface area (Å²) in [5.74, 6) is -1.16. The van der Waals surface area contributed by atoms with Crippen LogP contribution in [0.1, 0.15) is 6.92 Å². The van der Waals surface area contributed by atoms with Crippen molar-refractivity contribution < 1.29 is 39.4 Å². The number of phenolic OH excluding ortho intramolecular Hbond substituents is 2. The van der Waals surface area contributed by atoms with Crippen molar-refractivity contribution in [3.05, 3.63) is 28.6 Å². The van der Waals surface area contributed by atoms with Crippen molar-refractivity contribution in [2.45, 2.75) is 37.6 Å². The van der Waals surface area contributed by atoms with Gasteiger partial charge in [-0.15, -0.1) is 0 Å². The summed E-state index contributed by atoms with van der Waals surface area (Å²) in [6.07, 6.45) is -5.75. The van der Waals surface area contributed by atoms with Crippen LogP contribution in [0.3, 0.4) is 0 Å². The summed E-state index contributed by atoms with van der Waals surface area (Å²) in [6, 6.07) is 2.12. The van der Waals surface area contributed by atoms with Crippen LogP contribution in [-0.2, 0) is 4.74 Å². The first-order valence-corrected chi connectivity index (χ1v) is 7.13. The summed E-state index contributed by atoms with van der Waals surface area (Å²) < 4.78 is 15.6. The second-order valence-electron chi connectivity index (χ2n) is 5.57. The fourth-order valence-electron chi connectivity index (χ4n) is 2.52. The maximum Gasteiger partial charge on any atom is 0.238 e. The van der Waals surface area contributed by atoms with Crippen molar-refractivity contribution in [3.63, 3.8) is 0 Å². The predicted molar refractivity (Wildman–Crippen MR) is 78.8 cm³/mol. The number of fused-ring (bicyclic) bond motifs is 1. The van der Waals surface area contributed by atoms with Crippen molar-refractivity contribution in [3.8, 4) is 17.2 Å². The van der Waals surface area contributed by atoms with E-state index >= 15 is 0 Å². The number of aromatic hydroxyl groups is 2. The first-order valence-electron chi connectivity index (χ1n) is 7.13. The second kappa shape index (κ2) is 5.95. The summed E-state index contributed by atoms with van der Waals surface area (Å²) >= 11 is 0. The third kappa shape index (κ3) is 2.67. The molecule has 24 heavy (non-hydrogen) atoms. The third-order valence-corrected chi connectivity index (χ3v) is 3.86. The van der Waals surface area contributed by atoms with E-state index in [9.17, 15) is 30.3 Å². The van der Waals surface area contributed by atoms with Crippen molar-refractivity contribution in [2.24, 2.45) is 0 Å². The van der Waals surface area contributed by atoms with Gasteiger partial charge in [0.15, 0.2) is 0 Å². The van der Waals surface area contributed by atoms with E-state index in [4.69, 9.17) is 13.9 Å². The molecular weight excluding hydrogens is 324 g/mol. The maximum atomic E-state index is 12.4. The van der Waals surface area contributed by atoms with Gasteiger partial charge in [0.25, 0.3) is 0 Å². The molecule has 1 fully saturated rings. The Hall–Kier alpha value is -2.33. The van der Waals surface area contributed by atoms with Crippen molar-refractivity contribution in [1.29, 1.82) is 0 Å². The van der Waals surface area contributed by atoms with Crippen LogP contribution in [0.25, 0.3) is 11.0 Å². The average Bonchev–Trinajstić information content (AvgIpc) is 2.52. The molecule has 0 amide bonds. The minimum atomic E-state index is -1.60. The molecule has 0 aliphatic carbocycles. The highest BCUT2D eigenvalue weighted by atomic mass is 16.7. The Bertz CT molecular complexity index is 814. The Morgan fingerprint density at radius 1 is 1.08 bits per heavy atom. The van der Waals surface area contributed by atoms with Crippen LogP contribution in [0.15, 0.2) is 27.6 Å². The van der Waals surface area contributed by atoms with Gasteiger partial charge in [-0.25, -0.2) is 0 Å². The van der Waals surface area contributed by atoms with E-state index in [1.807, 2.05) is 0 Å². The Kier molecular flexibility index (Phi) is 4.10. The van der Waals surface area contributed by atoms with Crippen LogP contribution in [-0.4, -0.2) is 56.2 Å². The van der Waals surface area contributed by atoms with Crippen LogP contribution < -0.4 is 10.2 Å². The number of rotatable bonds is 2. The smallest absolute Gasteiger partial charge is 0.238 e. The van der Waals surface area contributed by atoms with Gasteiger partial charge in [0.05, 0.1) is 6.10 Å². The molecule has 5 atom stereocenters. The molecule has 5 N–H and O–H groups in total. The highest BCUT2D eigenvalue weighted by Gasteiger charge is 2.43. The number of aliphatic hydroxyl groups excluding tert-OH is 3. The summed E-state index contributed by atoms with van der Waals surface area (Å²) in [5, 5.41) is 48.3. The molecule has 1 aromatic heterocycles. The zero-order valence-corrected chi connectivity index (χ0v) is 12.5. The van der Waals surface area contributed by atoms with E-state index in [1.54, 1.807) is 0 Å². The number of phenols is 2. The molecule has 9 nitrogen and oxygen atoms in total. The van der Waals surface area contributed by atoms with Gasteiger partial charge >= 0.3 is 0 Å². The SMILES string of the molecule is CC1OC(Oc2coc3cc(O)cc(O)c3c2=O)C(O)C(O)C1O. The van der Waals surface area contributed by atoms with Gasteiger partial charge in [0.2, 0.25) is 17.5 Å². The van der Waals surface area contributed by atoms with E-state index in [1.165, 1.54) is 6.92 Å². The molecule has 0 spiro atoms. The molecule has 2 aromatic rings. The van der Waals surface area contributed by atoms with E-state index in [2.05, 4.69) is 0 Å². The number of hydrogen-bond acceptors (Lipinski definition) is 9. The van der Waals surface area contributed by atoms with Gasteiger partial charge in [-0.3, -0.25) is 4.79 Å². The van der Waals surface area contributed by atoms with E-state index in [-0.39, 0.29) is 22.5 Å². The minimum Gasteiger partial charge on any atom is -0.508 e. The number of aliphatic hydroxyl groups is 3. The van der Waals surface area contributed by atoms with Gasteiger partial charge < -0.3 is 39.4 Å². The molecule has 3 rings (SSSR count). The molecule has 9 heteroatoms. The highest BCUT2D eigenvalue weighted by Crippen LogP contribution is 2.30. The van der Waals surface area contributed by atoms with Crippen LogP contribution in [0, 0.1) is 0 Å². The molecule has 1 saturated heterocycles. The Labute approximate surface area is 134 Å². The Morgan fingerprint density at radius 2 is 1.79 bits per heavy atom. The van der Waals surface area contributed by atoms with Crippen molar-refractivity contribution in [1.82, 2.24) is 0 Å². The van der Waals surface area contributed by atoms with E-state index in [0.717, 1.165) is 18.4 Å². The molecule has 130 valence electrons. The predicted octanol–water partition coefficient (Wildman–Crippen LogP) is -0.589. The molecule has 2 heterocycles. The lowest BCUT2D eigenvalue weighted by Crippen LogP contribution is -2.58. The Morgan fingerprint density at radius 3 is 2.50 bits per heavy atom. The fourth-order valence-corrected chi connectivity index (χ4v) is 2.52. The molecule has 1 aliphatic rings. The number of benzene rings is 1. The molecule has 0 radical (unpaired) electrons. The van der Waals surface area contributed by atoms with Gasteiger partial charge in [0, 0.05) is 12.1 Å². The van der Waals surface area contributed by atoms with Gasteiger partial charge in [-0.05, 0) is 6.92 Å². The van der Waals surface area contributed by atoms with Gasteiger partial charge in [-0.1, -0.05) is 0 Å². The molecule has 1 aliphatic heterocycles. The van der Waals surface area contributed by atoms with Crippen LogP contribution in [0.2, 0.25) is 0 Å². The zero-order valence-electron chi connectivity index (χ0n) is 12.5.